The Hall–Kier alpha value is 0.0700. The topological polar surface area (TPSA) is 44.9 Å². The Balaban J connectivity index is 3.01. The molecule has 0 aliphatic rings. The lowest BCUT2D eigenvalue weighted by molar-refractivity contribution is 0.408. The molecule has 2 N–H and O–H groups in total. The van der Waals surface area contributed by atoms with Crippen molar-refractivity contribution in [2.45, 2.75) is 6.42 Å². The molecule has 1 atom stereocenters. The number of hydrogen-bond acceptors (Lipinski definition) is 1. The van der Waals surface area contributed by atoms with Crippen LogP contribution in [0, 0.1) is 0 Å². The molecule has 56 valence electrons. The summed E-state index contributed by atoms with van der Waals surface area (Å²) in [7, 11) is 3.93. The minimum Gasteiger partial charge on any atom is -0.309 e. The van der Waals surface area contributed by atoms with Gasteiger partial charge in [-0.2, -0.15) is 0 Å². The molecule has 0 bridgehead atoms. The molecule has 1 unspecified atom stereocenters. The molecule has 0 radical (unpaired) electrons. The van der Waals surface area contributed by atoms with Gasteiger partial charge in [-0.3, -0.25) is 4.55 Å². The summed E-state index contributed by atoms with van der Waals surface area (Å²) in [6.45, 7) is 0.921. The molecule has 0 spiro atoms. The van der Waals surface area contributed by atoms with E-state index in [1.54, 1.807) is 0 Å². The van der Waals surface area contributed by atoms with E-state index in [0.29, 0.717) is 5.75 Å². The van der Waals surface area contributed by atoms with Crippen LogP contribution in [0.2, 0.25) is 0 Å². The maximum Gasteiger partial charge on any atom is 0.328 e. The lowest BCUT2D eigenvalue weighted by Crippen LogP contribution is -2.14. The fraction of sp³-hybridized carbons (Fsp3) is 1.00. The highest BCUT2D eigenvalue weighted by molar-refractivity contribution is 7.79. The van der Waals surface area contributed by atoms with Crippen molar-refractivity contribution in [1.82, 2.24) is 4.90 Å². The van der Waals surface area contributed by atoms with Crippen LogP contribution in [-0.2, 0) is 11.1 Å². The fourth-order valence-corrected chi connectivity index (χ4v) is 0.897. The van der Waals surface area contributed by atoms with Gasteiger partial charge in [-0.25, -0.2) is 4.21 Å². The van der Waals surface area contributed by atoms with Crippen molar-refractivity contribution in [3.8, 4) is 0 Å². The Morgan fingerprint density at radius 1 is 1.56 bits per heavy atom. The number of hydrogen-bond donors (Lipinski definition) is 1. The van der Waals surface area contributed by atoms with E-state index in [1.165, 1.54) is 0 Å². The van der Waals surface area contributed by atoms with E-state index in [1.807, 2.05) is 19.0 Å². The Kier molecular flexibility index (Phi) is 4.94. The molecule has 0 saturated heterocycles. The van der Waals surface area contributed by atoms with Crippen LogP contribution in [0.3, 0.4) is 0 Å². The first-order valence-electron chi connectivity index (χ1n) is 2.86. The van der Waals surface area contributed by atoms with Gasteiger partial charge in [0.05, 0.1) is 0 Å². The van der Waals surface area contributed by atoms with Crippen LogP contribution in [0.1, 0.15) is 6.42 Å². The molecule has 0 aliphatic heterocycles. The molecule has 0 fully saturated rings. The van der Waals surface area contributed by atoms with Gasteiger partial charge in [0.25, 0.3) is 0 Å². The van der Waals surface area contributed by atoms with Crippen LogP contribution in [0.15, 0.2) is 0 Å². The van der Waals surface area contributed by atoms with Gasteiger partial charge in [0.2, 0.25) is 0 Å². The molecule has 0 aromatic rings. The second-order valence-corrected chi connectivity index (χ2v) is 3.29. The Morgan fingerprint density at radius 3 is 2.44 bits per heavy atom. The SMILES string of the molecule is CN(C)CCCS(O)=[OH+]. The number of rotatable bonds is 4. The van der Waals surface area contributed by atoms with E-state index >= 15 is 0 Å². The van der Waals surface area contributed by atoms with E-state index in [-0.39, 0.29) is 0 Å². The summed E-state index contributed by atoms with van der Waals surface area (Å²) in [5.74, 6) is 0.498. The first-order valence-corrected chi connectivity index (χ1v) is 4.17. The normalized spacial score (nSPS) is 14.2. The molecule has 0 aromatic heterocycles. The molecular formula is C5H14NO2S+. The second kappa shape index (κ2) is 4.90. The Morgan fingerprint density at radius 2 is 2.11 bits per heavy atom. The van der Waals surface area contributed by atoms with Crippen molar-refractivity contribution in [2.75, 3.05) is 26.4 Å². The van der Waals surface area contributed by atoms with Gasteiger partial charge in [-0.15, -0.1) is 0 Å². The zero-order chi connectivity index (χ0) is 7.28. The van der Waals surface area contributed by atoms with Gasteiger partial charge >= 0.3 is 11.1 Å². The summed E-state index contributed by atoms with van der Waals surface area (Å²) in [4.78, 5) is 2.02. The highest BCUT2D eigenvalue weighted by Crippen LogP contribution is 1.84. The van der Waals surface area contributed by atoms with Crippen molar-refractivity contribution in [2.24, 2.45) is 0 Å². The Bertz CT molecular complexity index is 95.0. The van der Waals surface area contributed by atoms with Crippen molar-refractivity contribution in [3.05, 3.63) is 0 Å². The zero-order valence-corrected chi connectivity index (χ0v) is 6.69. The van der Waals surface area contributed by atoms with Gasteiger partial charge in [0.1, 0.15) is 5.75 Å². The summed E-state index contributed by atoms with van der Waals surface area (Å²) >= 11 is -1.36. The lowest BCUT2D eigenvalue weighted by atomic mass is 10.5. The average molecular weight is 152 g/mol. The summed E-state index contributed by atoms with van der Waals surface area (Å²) < 4.78 is 16.9. The quantitative estimate of drug-likeness (QED) is 0.465. The van der Waals surface area contributed by atoms with Crippen LogP contribution in [0.25, 0.3) is 0 Å². The fourth-order valence-electron chi connectivity index (χ4n) is 0.510. The molecule has 3 nitrogen and oxygen atoms in total. The van der Waals surface area contributed by atoms with E-state index in [2.05, 4.69) is 0 Å². The zero-order valence-electron chi connectivity index (χ0n) is 5.87. The van der Waals surface area contributed by atoms with Crippen molar-refractivity contribution in [1.29, 1.82) is 0 Å². The van der Waals surface area contributed by atoms with Crippen LogP contribution in [0.5, 0.6) is 0 Å². The van der Waals surface area contributed by atoms with Crippen LogP contribution < -0.4 is 0 Å². The number of nitrogens with zero attached hydrogens (tertiary/aromatic N) is 1. The van der Waals surface area contributed by atoms with E-state index in [4.69, 9.17) is 8.76 Å². The van der Waals surface area contributed by atoms with Crippen molar-refractivity contribution in [3.63, 3.8) is 0 Å². The van der Waals surface area contributed by atoms with E-state index in [9.17, 15) is 0 Å². The lowest BCUT2D eigenvalue weighted by Gasteiger charge is -2.05. The average Bonchev–Trinajstić information content (AvgIpc) is 1.63. The molecule has 0 aliphatic carbocycles. The minimum absolute atomic E-state index is 0.498. The van der Waals surface area contributed by atoms with E-state index < -0.39 is 11.1 Å². The summed E-state index contributed by atoms with van der Waals surface area (Å²) in [5.41, 5.74) is 0. The monoisotopic (exact) mass is 152 g/mol. The molecule has 0 aromatic carbocycles. The third-order valence-corrected chi connectivity index (χ3v) is 1.59. The smallest absolute Gasteiger partial charge is 0.309 e. The van der Waals surface area contributed by atoms with Crippen LogP contribution in [-0.4, -0.2) is 40.1 Å². The van der Waals surface area contributed by atoms with Crippen LogP contribution >= 0.6 is 0 Å². The predicted molar refractivity (Wildman–Crippen MR) is 40.0 cm³/mol. The molecule has 4 heteroatoms. The van der Waals surface area contributed by atoms with Gasteiger partial charge in [0, 0.05) is 0 Å². The molecule has 9 heavy (non-hydrogen) atoms. The third-order valence-electron chi connectivity index (χ3n) is 0.932. The largest absolute Gasteiger partial charge is 0.328 e. The molecule has 0 rings (SSSR count). The molecule has 0 amide bonds. The third kappa shape index (κ3) is 8.07. The summed E-state index contributed by atoms with van der Waals surface area (Å²) in [5, 5.41) is 0. The minimum atomic E-state index is -1.36. The Labute approximate surface area is 58.3 Å². The van der Waals surface area contributed by atoms with Gasteiger partial charge in [-0.1, -0.05) is 0 Å². The molecular weight excluding hydrogens is 138 g/mol. The first-order chi connectivity index (χ1) is 4.13. The van der Waals surface area contributed by atoms with E-state index in [0.717, 1.165) is 13.0 Å². The molecule has 0 saturated carbocycles. The highest BCUT2D eigenvalue weighted by atomic mass is 32.2. The summed E-state index contributed by atoms with van der Waals surface area (Å²) in [6, 6.07) is 0. The van der Waals surface area contributed by atoms with Crippen molar-refractivity contribution < 1.29 is 8.76 Å². The standard InChI is InChI=1S/C5H13NO2S/c1-6(2)4-3-5-9(7)8/h3-5H2,1-2H3,(H,7,8)/p+1. The maximum atomic E-state index is 8.43. The maximum absolute atomic E-state index is 8.43. The first kappa shape index (κ1) is 9.07. The van der Waals surface area contributed by atoms with Crippen molar-refractivity contribution >= 4 is 11.1 Å². The predicted octanol–water partition coefficient (Wildman–Crippen LogP) is 0.317. The summed E-state index contributed by atoms with van der Waals surface area (Å²) in [6.07, 6.45) is 0.850. The van der Waals surface area contributed by atoms with Gasteiger partial charge in [-0.05, 0) is 27.1 Å². The molecule has 0 heterocycles. The van der Waals surface area contributed by atoms with Gasteiger partial charge < -0.3 is 4.90 Å². The van der Waals surface area contributed by atoms with Crippen LogP contribution in [0.4, 0.5) is 0 Å². The highest BCUT2D eigenvalue weighted by Gasteiger charge is 1.98. The second-order valence-electron chi connectivity index (χ2n) is 2.20. The van der Waals surface area contributed by atoms with Gasteiger partial charge in [0.15, 0.2) is 0 Å².